The average molecular weight is 334 g/mol. The summed E-state index contributed by atoms with van der Waals surface area (Å²) in [5.74, 6) is -1.02. The van der Waals surface area contributed by atoms with Crippen LogP contribution >= 0.6 is 0 Å². The second-order valence-corrected chi connectivity index (χ2v) is 5.69. The van der Waals surface area contributed by atoms with Crippen molar-refractivity contribution in [3.63, 3.8) is 0 Å². The van der Waals surface area contributed by atoms with Gasteiger partial charge in [-0.2, -0.15) is 0 Å². The summed E-state index contributed by atoms with van der Waals surface area (Å²) in [7, 11) is 0. The normalized spacial score (nSPS) is 10.4. The first-order valence-corrected chi connectivity index (χ1v) is 7.86. The van der Waals surface area contributed by atoms with E-state index in [1.807, 2.05) is 36.4 Å². The van der Waals surface area contributed by atoms with Gasteiger partial charge in [0.25, 0.3) is 5.91 Å². The molecule has 3 aromatic rings. The smallest absolute Gasteiger partial charge is 0.340 e. The molecule has 3 aromatic carbocycles. The number of anilines is 2. The van der Waals surface area contributed by atoms with E-state index in [-0.39, 0.29) is 12.2 Å². The van der Waals surface area contributed by atoms with Crippen molar-refractivity contribution in [3.8, 4) is 0 Å². The van der Waals surface area contributed by atoms with Crippen LogP contribution in [0.4, 0.5) is 11.4 Å². The van der Waals surface area contributed by atoms with Gasteiger partial charge in [0.2, 0.25) is 0 Å². The summed E-state index contributed by atoms with van der Waals surface area (Å²) in [5.41, 5.74) is 7.96. The quantitative estimate of drug-likeness (QED) is 0.565. The fourth-order valence-electron chi connectivity index (χ4n) is 2.59. The van der Waals surface area contributed by atoms with E-state index in [2.05, 4.69) is 5.32 Å². The number of ether oxygens (including phenoxy) is 1. The van der Waals surface area contributed by atoms with E-state index in [1.54, 1.807) is 31.2 Å². The summed E-state index contributed by atoms with van der Waals surface area (Å²) in [6.45, 7) is 1.43. The fourth-order valence-corrected chi connectivity index (χ4v) is 2.59. The number of hydrogen-bond acceptors (Lipinski definition) is 4. The molecule has 0 aromatic heterocycles. The topological polar surface area (TPSA) is 81.4 Å². The zero-order chi connectivity index (χ0) is 17.8. The molecule has 25 heavy (non-hydrogen) atoms. The van der Waals surface area contributed by atoms with Crippen LogP contribution in [0.3, 0.4) is 0 Å². The Labute approximate surface area is 145 Å². The second-order valence-electron chi connectivity index (χ2n) is 5.69. The molecule has 0 saturated heterocycles. The van der Waals surface area contributed by atoms with E-state index in [1.165, 1.54) is 0 Å². The minimum atomic E-state index is -0.616. The van der Waals surface area contributed by atoms with Gasteiger partial charge < -0.3 is 15.8 Å². The number of esters is 1. The van der Waals surface area contributed by atoms with Crippen molar-refractivity contribution < 1.29 is 14.3 Å². The van der Waals surface area contributed by atoms with E-state index in [0.717, 1.165) is 16.3 Å². The first-order chi connectivity index (χ1) is 12.1. The molecule has 0 saturated carbocycles. The van der Waals surface area contributed by atoms with E-state index < -0.39 is 11.9 Å². The maximum Gasteiger partial charge on any atom is 0.340 e. The van der Waals surface area contributed by atoms with Crippen LogP contribution in [0.25, 0.3) is 10.8 Å². The van der Waals surface area contributed by atoms with Crippen LogP contribution in [0.1, 0.15) is 15.9 Å². The minimum absolute atomic E-state index is 0.262. The van der Waals surface area contributed by atoms with Gasteiger partial charge in [0.1, 0.15) is 0 Å². The monoisotopic (exact) mass is 334 g/mol. The molecule has 0 aliphatic heterocycles. The summed E-state index contributed by atoms with van der Waals surface area (Å²) in [5, 5.41) is 4.71. The lowest BCUT2D eigenvalue weighted by atomic mass is 10.1. The Bertz CT molecular complexity index is 945. The van der Waals surface area contributed by atoms with Gasteiger partial charge >= 0.3 is 5.97 Å². The summed E-state index contributed by atoms with van der Waals surface area (Å²) in [6, 6.07) is 18.4. The molecule has 5 heteroatoms. The number of amides is 1. The maximum absolute atomic E-state index is 12.1. The highest BCUT2D eigenvalue weighted by atomic mass is 16.5. The Kier molecular flexibility index (Phi) is 4.66. The van der Waals surface area contributed by atoms with E-state index in [9.17, 15) is 9.59 Å². The first kappa shape index (κ1) is 16.5. The third-order valence-electron chi connectivity index (χ3n) is 3.94. The number of aryl methyl sites for hydroxylation is 1. The zero-order valence-corrected chi connectivity index (χ0v) is 13.8. The van der Waals surface area contributed by atoms with Crippen LogP contribution < -0.4 is 11.1 Å². The predicted octanol–water partition coefficient (Wildman–Crippen LogP) is 3.53. The molecule has 0 spiro atoms. The second kappa shape index (κ2) is 7.05. The highest BCUT2D eigenvalue weighted by Gasteiger charge is 2.14. The minimum Gasteiger partial charge on any atom is -0.452 e. The molecular weight excluding hydrogens is 316 g/mol. The van der Waals surface area contributed by atoms with Gasteiger partial charge in [-0.15, -0.1) is 0 Å². The molecule has 0 aliphatic carbocycles. The maximum atomic E-state index is 12.1. The van der Waals surface area contributed by atoms with Crippen molar-refractivity contribution in [2.45, 2.75) is 6.92 Å². The Morgan fingerprint density at radius 2 is 1.72 bits per heavy atom. The van der Waals surface area contributed by atoms with Gasteiger partial charge in [0.15, 0.2) is 6.61 Å². The zero-order valence-electron chi connectivity index (χ0n) is 13.8. The van der Waals surface area contributed by atoms with Crippen LogP contribution in [-0.4, -0.2) is 18.5 Å². The van der Waals surface area contributed by atoms with Crippen molar-refractivity contribution in [3.05, 3.63) is 71.8 Å². The SMILES string of the molecule is Cc1cccc(C(=O)OCC(=O)Nc2cccc3ccccc23)c1N. The molecule has 126 valence electrons. The molecule has 0 fully saturated rings. The molecule has 0 radical (unpaired) electrons. The Morgan fingerprint density at radius 3 is 2.56 bits per heavy atom. The van der Waals surface area contributed by atoms with Crippen molar-refractivity contribution in [1.82, 2.24) is 0 Å². The lowest BCUT2D eigenvalue weighted by molar-refractivity contribution is -0.119. The van der Waals surface area contributed by atoms with Crippen LogP contribution in [0.2, 0.25) is 0 Å². The van der Waals surface area contributed by atoms with E-state index >= 15 is 0 Å². The van der Waals surface area contributed by atoms with Gasteiger partial charge in [-0.05, 0) is 30.0 Å². The molecule has 1 amide bonds. The lowest BCUT2D eigenvalue weighted by Gasteiger charge is -2.10. The number of hydrogen-bond donors (Lipinski definition) is 2. The number of nitrogens with one attached hydrogen (secondary N) is 1. The highest BCUT2D eigenvalue weighted by Crippen LogP contribution is 2.23. The average Bonchev–Trinajstić information content (AvgIpc) is 2.62. The molecule has 0 bridgehead atoms. The molecular formula is C20H18N2O3. The van der Waals surface area contributed by atoms with Crippen LogP contribution in [-0.2, 0) is 9.53 Å². The molecule has 3 N–H and O–H groups in total. The Hall–Kier alpha value is -3.34. The summed E-state index contributed by atoms with van der Waals surface area (Å²) in [4.78, 5) is 24.2. The van der Waals surface area contributed by atoms with Crippen molar-refractivity contribution in [1.29, 1.82) is 0 Å². The number of benzene rings is 3. The van der Waals surface area contributed by atoms with Gasteiger partial charge in [0.05, 0.1) is 5.56 Å². The number of fused-ring (bicyclic) bond motifs is 1. The van der Waals surface area contributed by atoms with Crippen LogP contribution in [0.5, 0.6) is 0 Å². The fraction of sp³-hybridized carbons (Fsp3) is 0.100. The molecule has 0 heterocycles. The van der Waals surface area contributed by atoms with E-state index in [4.69, 9.17) is 10.5 Å². The lowest BCUT2D eigenvalue weighted by Crippen LogP contribution is -2.21. The third kappa shape index (κ3) is 3.61. The largest absolute Gasteiger partial charge is 0.452 e. The number of carbonyl (C=O) groups excluding carboxylic acids is 2. The number of para-hydroxylation sites is 1. The van der Waals surface area contributed by atoms with Gasteiger partial charge in [0, 0.05) is 16.8 Å². The first-order valence-electron chi connectivity index (χ1n) is 7.86. The predicted molar refractivity (Wildman–Crippen MR) is 98.5 cm³/mol. The molecule has 0 aliphatic rings. The third-order valence-corrected chi connectivity index (χ3v) is 3.94. The number of nitrogens with two attached hydrogens (primary N) is 1. The standard InChI is InChI=1S/C20H18N2O3/c1-13-6-4-10-16(19(13)21)20(24)25-12-18(23)22-17-11-5-8-14-7-2-3-9-15(14)17/h2-11H,12,21H2,1H3,(H,22,23). The molecule has 0 atom stereocenters. The van der Waals surface area contributed by atoms with Gasteiger partial charge in [-0.1, -0.05) is 48.5 Å². The van der Waals surface area contributed by atoms with Crippen molar-refractivity contribution in [2.75, 3.05) is 17.7 Å². The van der Waals surface area contributed by atoms with Crippen molar-refractivity contribution in [2.24, 2.45) is 0 Å². The summed E-state index contributed by atoms with van der Waals surface area (Å²) >= 11 is 0. The summed E-state index contributed by atoms with van der Waals surface area (Å²) in [6.07, 6.45) is 0. The van der Waals surface area contributed by atoms with Gasteiger partial charge in [-0.25, -0.2) is 4.79 Å². The van der Waals surface area contributed by atoms with Crippen LogP contribution in [0, 0.1) is 6.92 Å². The number of rotatable bonds is 4. The van der Waals surface area contributed by atoms with Crippen LogP contribution in [0.15, 0.2) is 60.7 Å². The molecule has 0 unspecified atom stereocenters. The molecule has 5 nitrogen and oxygen atoms in total. The Morgan fingerprint density at radius 1 is 1.00 bits per heavy atom. The van der Waals surface area contributed by atoms with Gasteiger partial charge in [-0.3, -0.25) is 4.79 Å². The Balaban J connectivity index is 1.67. The highest BCUT2D eigenvalue weighted by molar-refractivity contribution is 6.03. The van der Waals surface area contributed by atoms with Crippen molar-refractivity contribution >= 4 is 34.0 Å². The van der Waals surface area contributed by atoms with E-state index in [0.29, 0.717) is 11.4 Å². The number of nitrogen functional groups attached to an aromatic ring is 1. The molecule has 3 rings (SSSR count). The summed E-state index contributed by atoms with van der Waals surface area (Å²) < 4.78 is 5.08. The number of carbonyl (C=O) groups is 2.